The van der Waals surface area contributed by atoms with Crippen molar-refractivity contribution in [2.75, 3.05) is 10.8 Å². The Balaban J connectivity index is 1.87. The van der Waals surface area contributed by atoms with Crippen molar-refractivity contribution in [3.8, 4) is 0 Å². The van der Waals surface area contributed by atoms with E-state index in [9.17, 15) is 13.2 Å². The third kappa shape index (κ3) is 5.34. The SMILES string of the molecule is Cc1ccc(S(=O)(=O)N(CC(=O)NCc2cccnc2)c2cccc(Cl)c2)cc1. The topological polar surface area (TPSA) is 79.4 Å². The van der Waals surface area contributed by atoms with Gasteiger partial charge in [-0.2, -0.15) is 0 Å². The molecule has 0 fully saturated rings. The van der Waals surface area contributed by atoms with E-state index in [0.29, 0.717) is 10.7 Å². The lowest BCUT2D eigenvalue weighted by Gasteiger charge is -2.24. The van der Waals surface area contributed by atoms with Gasteiger partial charge in [0.25, 0.3) is 10.0 Å². The van der Waals surface area contributed by atoms with Crippen molar-refractivity contribution in [3.05, 3.63) is 89.2 Å². The Kier molecular flexibility index (Phi) is 6.51. The molecule has 2 aromatic carbocycles. The highest BCUT2D eigenvalue weighted by Gasteiger charge is 2.27. The number of sulfonamides is 1. The van der Waals surface area contributed by atoms with Crippen LogP contribution in [-0.2, 0) is 21.4 Å². The molecule has 3 aromatic rings. The minimum absolute atomic E-state index is 0.100. The zero-order valence-corrected chi connectivity index (χ0v) is 17.3. The number of hydrogen-bond donors (Lipinski definition) is 1. The maximum atomic E-state index is 13.3. The van der Waals surface area contributed by atoms with Crippen LogP contribution in [0, 0.1) is 6.92 Å². The second-order valence-electron chi connectivity index (χ2n) is 6.44. The highest BCUT2D eigenvalue weighted by molar-refractivity contribution is 7.92. The molecule has 8 heteroatoms. The minimum atomic E-state index is -3.96. The Hall–Kier alpha value is -2.90. The summed E-state index contributed by atoms with van der Waals surface area (Å²) in [6.45, 7) is 1.74. The fourth-order valence-electron chi connectivity index (χ4n) is 2.67. The second-order valence-corrected chi connectivity index (χ2v) is 8.74. The summed E-state index contributed by atoms with van der Waals surface area (Å²) < 4.78 is 27.6. The third-order valence-corrected chi connectivity index (χ3v) is 6.23. The lowest BCUT2D eigenvalue weighted by Crippen LogP contribution is -2.40. The van der Waals surface area contributed by atoms with Gasteiger partial charge in [0.05, 0.1) is 10.6 Å². The number of pyridine rings is 1. The zero-order chi connectivity index (χ0) is 20.9. The number of carbonyl (C=O) groups excluding carboxylic acids is 1. The number of hydrogen-bond acceptors (Lipinski definition) is 4. The van der Waals surface area contributed by atoms with Crippen LogP contribution in [0.5, 0.6) is 0 Å². The maximum absolute atomic E-state index is 13.3. The predicted octanol–water partition coefficient (Wildman–Crippen LogP) is 3.56. The van der Waals surface area contributed by atoms with Gasteiger partial charge in [-0.15, -0.1) is 0 Å². The fourth-order valence-corrected chi connectivity index (χ4v) is 4.27. The van der Waals surface area contributed by atoms with Gasteiger partial charge in [0, 0.05) is 24.0 Å². The molecular weight excluding hydrogens is 410 g/mol. The van der Waals surface area contributed by atoms with Crippen molar-refractivity contribution in [2.45, 2.75) is 18.4 Å². The van der Waals surface area contributed by atoms with Crippen LogP contribution < -0.4 is 9.62 Å². The number of halogens is 1. The number of benzene rings is 2. The summed E-state index contributed by atoms with van der Waals surface area (Å²) in [4.78, 5) is 16.6. The first-order valence-corrected chi connectivity index (χ1v) is 10.7. The van der Waals surface area contributed by atoms with E-state index in [1.165, 1.54) is 18.2 Å². The summed E-state index contributed by atoms with van der Waals surface area (Å²) in [5, 5.41) is 3.11. The van der Waals surface area contributed by atoms with Crippen LogP contribution in [0.15, 0.2) is 78.0 Å². The molecule has 3 rings (SSSR count). The highest BCUT2D eigenvalue weighted by Crippen LogP contribution is 2.26. The largest absolute Gasteiger partial charge is 0.350 e. The van der Waals surface area contributed by atoms with Gasteiger partial charge in [-0.25, -0.2) is 8.42 Å². The Morgan fingerprint density at radius 1 is 1.10 bits per heavy atom. The van der Waals surface area contributed by atoms with Gasteiger partial charge in [0.2, 0.25) is 5.91 Å². The molecule has 0 saturated carbocycles. The van der Waals surface area contributed by atoms with E-state index in [4.69, 9.17) is 11.6 Å². The first kappa shape index (κ1) is 20.8. The van der Waals surface area contributed by atoms with Crippen LogP contribution in [-0.4, -0.2) is 25.9 Å². The molecule has 1 amide bonds. The van der Waals surface area contributed by atoms with E-state index in [-0.39, 0.29) is 18.0 Å². The van der Waals surface area contributed by atoms with Crippen LogP contribution in [0.3, 0.4) is 0 Å². The van der Waals surface area contributed by atoms with Crippen molar-refractivity contribution in [3.63, 3.8) is 0 Å². The Labute approximate surface area is 175 Å². The van der Waals surface area contributed by atoms with Crippen molar-refractivity contribution in [2.24, 2.45) is 0 Å². The molecule has 29 heavy (non-hydrogen) atoms. The first-order valence-electron chi connectivity index (χ1n) is 8.87. The Morgan fingerprint density at radius 2 is 1.86 bits per heavy atom. The molecule has 0 radical (unpaired) electrons. The monoisotopic (exact) mass is 429 g/mol. The van der Waals surface area contributed by atoms with Crippen molar-refractivity contribution in [1.29, 1.82) is 0 Å². The summed E-state index contributed by atoms with van der Waals surface area (Å²) in [7, 11) is -3.96. The van der Waals surface area contributed by atoms with E-state index in [1.54, 1.807) is 48.8 Å². The van der Waals surface area contributed by atoms with Crippen molar-refractivity contribution >= 4 is 33.2 Å². The number of rotatable bonds is 7. The van der Waals surface area contributed by atoms with Crippen LogP contribution in [0.25, 0.3) is 0 Å². The molecule has 0 spiro atoms. The molecule has 1 N–H and O–H groups in total. The predicted molar refractivity (Wildman–Crippen MR) is 113 cm³/mol. The van der Waals surface area contributed by atoms with Crippen LogP contribution in [0.1, 0.15) is 11.1 Å². The van der Waals surface area contributed by atoms with Crippen LogP contribution in [0.2, 0.25) is 5.02 Å². The molecule has 0 aliphatic heterocycles. The Bertz CT molecular complexity index is 1090. The normalized spacial score (nSPS) is 11.1. The third-order valence-electron chi connectivity index (χ3n) is 4.20. The lowest BCUT2D eigenvalue weighted by molar-refractivity contribution is -0.119. The van der Waals surface area contributed by atoms with E-state index >= 15 is 0 Å². The standard InChI is InChI=1S/C21H20ClN3O3S/c1-16-7-9-20(10-8-16)29(27,28)25(19-6-2-5-18(22)12-19)15-21(26)24-14-17-4-3-11-23-13-17/h2-13H,14-15H2,1H3,(H,24,26). The molecule has 0 aliphatic rings. The molecule has 0 saturated heterocycles. The quantitative estimate of drug-likeness (QED) is 0.622. The smallest absolute Gasteiger partial charge is 0.264 e. The number of amides is 1. The van der Waals surface area contributed by atoms with Gasteiger partial charge in [0.15, 0.2) is 0 Å². The molecule has 6 nitrogen and oxygen atoms in total. The number of nitrogens with one attached hydrogen (secondary N) is 1. The number of nitrogens with zero attached hydrogens (tertiary/aromatic N) is 2. The van der Waals surface area contributed by atoms with Crippen LogP contribution >= 0.6 is 11.6 Å². The van der Waals surface area contributed by atoms with Gasteiger partial charge in [-0.1, -0.05) is 41.4 Å². The van der Waals surface area contributed by atoms with Gasteiger partial charge in [0.1, 0.15) is 6.54 Å². The van der Waals surface area contributed by atoms with Gasteiger partial charge in [-0.05, 0) is 48.9 Å². The fraction of sp³-hybridized carbons (Fsp3) is 0.143. The number of aromatic nitrogens is 1. The average Bonchev–Trinajstić information content (AvgIpc) is 2.71. The van der Waals surface area contributed by atoms with Crippen molar-refractivity contribution in [1.82, 2.24) is 10.3 Å². The Morgan fingerprint density at radius 3 is 2.52 bits per heavy atom. The molecule has 0 atom stereocenters. The molecule has 0 unspecified atom stereocenters. The zero-order valence-electron chi connectivity index (χ0n) is 15.7. The van der Waals surface area contributed by atoms with Gasteiger partial charge >= 0.3 is 0 Å². The average molecular weight is 430 g/mol. The lowest BCUT2D eigenvalue weighted by atomic mass is 10.2. The molecule has 1 aromatic heterocycles. The van der Waals surface area contributed by atoms with Gasteiger partial charge < -0.3 is 5.32 Å². The van der Waals surface area contributed by atoms with Crippen LogP contribution in [0.4, 0.5) is 5.69 Å². The molecule has 150 valence electrons. The molecule has 1 heterocycles. The second kappa shape index (κ2) is 9.07. The van der Waals surface area contributed by atoms with E-state index in [2.05, 4.69) is 10.3 Å². The summed E-state index contributed by atoms with van der Waals surface area (Å²) in [6.07, 6.45) is 3.28. The number of aryl methyl sites for hydroxylation is 1. The number of carbonyl (C=O) groups is 1. The summed E-state index contributed by atoms with van der Waals surface area (Å²) in [5.74, 6) is -0.440. The minimum Gasteiger partial charge on any atom is -0.350 e. The van der Waals surface area contributed by atoms with E-state index in [0.717, 1.165) is 15.4 Å². The summed E-state index contributed by atoms with van der Waals surface area (Å²) >= 11 is 6.05. The summed E-state index contributed by atoms with van der Waals surface area (Å²) in [5.41, 5.74) is 2.07. The summed E-state index contributed by atoms with van der Waals surface area (Å²) in [6, 6.07) is 16.5. The van der Waals surface area contributed by atoms with E-state index < -0.39 is 15.9 Å². The van der Waals surface area contributed by atoms with E-state index in [1.807, 2.05) is 13.0 Å². The van der Waals surface area contributed by atoms with Gasteiger partial charge in [-0.3, -0.25) is 14.1 Å². The number of anilines is 1. The molecular formula is C21H20ClN3O3S. The maximum Gasteiger partial charge on any atom is 0.264 e. The van der Waals surface area contributed by atoms with Crippen molar-refractivity contribution < 1.29 is 13.2 Å². The first-order chi connectivity index (χ1) is 13.9. The molecule has 0 bridgehead atoms. The molecule has 0 aliphatic carbocycles. The highest BCUT2D eigenvalue weighted by atomic mass is 35.5.